The average Bonchev–Trinajstić information content (AvgIpc) is 2.77. The SMILES string of the molecule is Cn1cc(C#N)c(NC(=O)c2cc(Cl)cc([N+](=O)[O-])c2)n1. The van der Waals surface area contributed by atoms with Gasteiger partial charge in [0.2, 0.25) is 0 Å². The number of nitriles is 1. The zero-order valence-electron chi connectivity index (χ0n) is 10.7. The van der Waals surface area contributed by atoms with Crippen molar-refractivity contribution < 1.29 is 9.72 Å². The van der Waals surface area contributed by atoms with E-state index >= 15 is 0 Å². The molecule has 0 spiro atoms. The first-order chi connectivity index (χ1) is 9.90. The molecular weight excluding hydrogens is 298 g/mol. The third-order valence-electron chi connectivity index (χ3n) is 2.54. The summed E-state index contributed by atoms with van der Waals surface area (Å²) in [6, 6.07) is 5.40. The van der Waals surface area contributed by atoms with Gasteiger partial charge < -0.3 is 5.32 Å². The fourth-order valence-electron chi connectivity index (χ4n) is 1.65. The van der Waals surface area contributed by atoms with Crippen LogP contribution in [0.25, 0.3) is 0 Å². The molecule has 8 nitrogen and oxygen atoms in total. The first-order valence-corrected chi connectivity index (χ1v) is 5.98. The standard InChI is InChI=1S/C12H8ClN5O3/c1-17-6-8(5-14)11(16-17)15-12(19)7-2-9(13)4-10(3-7)18(20)21/h2-4,6H,1H3,(H,15,16,19). The molecule has 9 heteroatoms. The second-order valence-electron chi connectivity index (χ2n) is 4.09. The molecule has 0 unspecified atom stereocenters. The van der Waals surface area contributed by atoms with Crippen molar-refractivity contribution in [3.8, 4) is 6.07 Å². The van der Waals surface area contributed by atoms with Crippen molar-refractivity contribution in [1.82, 2.24) is 9.78 Å². The van der Waals surface area contributed by atoms with E-state index < -0.39 is 10.8 Å². The summed E-state index contributed by atoms with van der Waals surface area (Å²) in [6.45, 7) is 0. The normalized spacial score (nSPS) is 9.95. The summed E-state index contributed by atoms with van der Waals surface area (Å²) in [4.78, 5) is 22.2. The van der Waals surface area contributed by atoms with Crippen LogP contribution >= 0.6 is 11.6 Å². The monoisotopic (exact) mass is 305 g/mol. The van der Waals surface area contributed by atoms with Crippen LogP contribution < -0.4 is 5.32 Å². The maximum atomic E-state index is 12.1. The molecule has 21 heavy (non-hydrogen) atoms. The lowest BCUT2D eigenvalue weighted by molar-refractivity contribution is -0.384. The number of carbonyl (C=O) groups excluding carboxylic acids is 1. The van der Waals surface area contributed by atoms with Crippen LogP contribution in [-0.2, 0) is 7.05 Å². The van der Waals surface area contributed by atoms with Gasteiger partial charge in [0.25, 0.3) is 11.6 Å². The Balaban J connectivity index is 2.32. The van der Waals surface area contributed by atoms with Crippen LogP contribution in [-0.4, -0.2) is 20.6 Å². The number of hydrogen-bond donors (Lipinski definition) is 1. The lowest BCUT2D eigenvalue weighted by atomic mass is 10.2. The number of benzene rings is 1. The molecule has 1 aromatic carbocycles. The average molecular weight is 306 g/mol. The van der Waals surface area contributed by atoms with Crippen LogP contribution in [0.1, 0.15) is 15.9 Å². The lowest BCUT2D eigenvalue weighted by Crippen LogP contribution is -2.13. The van der Waals surface area contributed by atoms with E-state index in [4.69, 9.17) is 16.9 Å². The lowest BCUT2D eigenvalue weighted by Gasteiger charge is -2.03. The Morgan fingerprint density at radius 3 is 2.86 bits per heavy atom. The molecule has 106 valence electrons. The molecule has 0 saturated heterocycles. The number of rotatable bonds is 3. The van der Waals surface area contributed by atoms with Gasteiger partial charge in [-0.15, -0.1) is 0 Å². The van der Waals surface area contributed by atoms with Crippen molar-refractivity contribution in [1.29, 1.82) is 5.26 Å². The zero-order chi connectivity index (χ0) is 15.6. The Kier molecular flexibility index (Phi) is 3.86. The van der Waals surface area contributed by atoms with Gasteiger partial charge >= 0.3 is 0 Å². The van der Waals surface area contributed by atoms with Gasteiger partial charge in [0.15, 0.2) is 5.82 Å². The van der Waals surface area contributed by atoms with E-state index in [-0.39, 0.29) is 27.7 Å². The predicted molar refractivity (Wildman–Crippen MR) is 74.0 cm³/mol. The number of nitrogens with zero attached hydrogens (tertiary/aromatic N) is 4. The molecule has 0 bridgehead atoms. The van der Waals surface area contributed by atoms with Gasteiger partial charge in [-0.3, -0.25) is 19.6 Å². The van der Waals surface area contributed by atoms with Gasteiger partial charge in [-0.2, -0.15) is 10.4 Å². The van der Waals surface area contributed by atoms with E-state index in [1.165, 1.54) is 16.9 Å². The Bertz CT molecular complexity index is 778. The van der Waals surface area contributed by atoms with Gasteiger partial charge in [-0.25, -0.2) is 0 Å². The van der Waals surface area contributed by atoms with Gasteiger partial charge in [-0.1, -0.05) is 11.6 Å². The molecule has 0 aliphatic carbocycles. The van der Waals surface area contributed by atoms with Crippen LogP contribution in [0.2, 0.25) is 5.02 Å². The molecule has 1 N–H and O–H groups in total. The van der Waals surface area contributed by atoms with E-state index in [1.807, 2.05) is 6.07 Å². The molecule has 0 saturated carbocycles. The number of anilines is 1. The Morgan fingerprint density at radius 1 is 1.52 bits per heavy atom. The summed E-state index contributed by atoms with van der Waals surface area (Å²) in [5.74, 6) is -0.566. The Hall–Kier alpha value is -2.92. The smallest absolute Gasteiger partial charge is 0.271 e. The summed E-state index contributed by atoms with van der Waals surface area (Å²) in [6.07, 6.45) is 1.44. The highest BCUT2D eigenvalue weighted by Gasteiger charge is 2.16. The number of amides is 1. The number of hydrogen-bond acceptors (Lipinski definition) is 5. The second kappa shape index (κ2) is 5.60. The van der Waals surface area contributed by atoms with Crippen molar-refractivity contribution in [2.24, 2.45) is 7.05 Å². The number of halogens is 1. The minimum atomic E-state index is -0.649. The third-order valence-corrected chi connectivity index (χ3v) is 2.75. The minimum absolute atomic E-state index is 0.00347. The van der Waals surface area contributed by atoms with Gasteiger partial charge in [0, 0.05) is 36.0 Å². The number of carbonyl (C=O) groups is 1. The molecule has 1 heterocycles. The zero-order valence-corrected chi connectivity index (χ0v) is 11.5. The van der Waals surface area contributed by atoms with Crippen LogP contribution in [0.5, 0.6) is 0 Å². The molecule has 0 aliphatic rings. The van der Waals surface area contributed by atoms with Crippen molar-refractivity contribution in [2.45, 2.75) is 0 Å². The summed E-state index contributed by atoms with van der Waals surface area (Å²) >= 11 is 5.75. The van der Waals surface area contributed by atoms with Crippen LogP contribution in [0.3, 0.4) is 0 Å². The van der Waals surface area contributed by atoms with E-state index in [9.17, 15) is 14.9 Å². The highest BCUT2D eigenvalue weighted by molar-refractivity contribution is 6.31. The molecule has 0 atom stereocenters. The topological polar surface area (TPSA) is 114 Å². The van der Waals surface area contributed by atoms with E-state index in [0.717, 1.165) is 12.1 Å². The Labute approximate surface area is 123 Å². The fraction of sp³-hybridized carbons (Fsp3) is 0.0833. The maximum Gasteiger partial charge on any atom is 0.271 e. The molecule has 1 amide bonds. The van der Waals surface area contributed by atoms with Gasteiger partial charge in [0.05, 0.1) is 4.92 Å². The van der Waals surface area contributed by atoms with E-state index in [2.05, 4.69) is 10.4 Å². The largest absolute Gasteiger partial charge is 0.304 e. The van der Waals surface area contributed by atoms with Gasteiger partial charge in [0.1, 0.15) is 11.6 Å². The molecular formula is C12H8ClN5O3. The highest BCUT2D eigenvalue weighted by Crippen LogP contribution is 2.22. The molecule has 2 aromatic rings. The van der Waals surface area contributed by atoms with Crippen LogP contribution in [0, 0.1) is 21.4 Å². The summed E-state index contributed by atoms with van der Waals surface area (Å²) in [5, 5.41) is 26.1. The molecule has 0 aliphatic heterocycles. The molecule has 2 rings (SSSR count). The molecule has 0 fully saturated rings. The van der Waals surface area contributed by atoms with Gasteiger partial charge in [-0.05, 0) is 6.07 Å². The third kappa shape index (κ3) is 3.16. The second-order valence-corrected chi connectivity index (χ2v) is 4.52. The summed E-state index contributed by atoms with van der Waals surface area (Å²) in [5.41, 5.74) is -0.111. The number of non-ortho nitro benzene ring substituents is 1. The predicted octanol–water partition coefficient (Wildman–Crippen LogP) is 2.11. The number of nitro groups is 1. The number of nitro benzene ring substituents is 1. The number of aryl methyl sites for hydroxylation is 1. The van der Waals surface area contributed by atoms with E-state index in [0.29, 0.717) is 0 Å². The number of nitrogens with one attached hydrogen (secondary N) is 1. The van der Waals surface area contributed by atoms with Crippen molar-refractivity contribution in [3.05, 3.63) is 50.7 Å². The summed E-state index contributed by atoms with van der Waals surface area (Å²) in [7, 11) is 1.60. The first kappa shape index (κ1) is 14.5. The summed E-state index contributed by atoms with van der Waals surface area (Å²) < 4.78 is 1.37. The van der Waals surface area contributed by atoms with Crippen molar-refractivity contribution in [2.75, 3.05) is 5.32 Å². The van der Waals surface area contributed by atoms with Crippen LogP contribution in [0.15, 0.2) is 24.4 Å². The molecule has 1 aromatic heterocycles. The number of aromatic nitrogens is 2. The fourth-order valence-corrected chi connectivity index (χ4v) is 1.88. The highest BCUT2D eigenvalue weighted by atomic mass is 35.5. The van der Waals surface area contributed by atoms with Crippen molar-refractivity contribution in [3.63, 3.8) is 0 Å². The first-order valence-electron chi connectivity index (χ1n) is 5.61. The van der Waals surface area contributed by atoms with Crippen molar-refractivity contribution >= 4 is 29.0 Å². The van der Waals surface area contributed by atoms with E-state index in [1.54, 1.807) is 7.05 Å². The maximum absolute atomic E-state index is 12.1. The quantitative estimate of drug-likeness (QED) is 0.689. The molecule has 0 radical (unpaired) electrons. The minimum Gasteiger partial charge on any atom is -0.304 e. The van der Waals surface area contributed by atoms with Crippen LogP contribution in [0.4, 0.5) is 11.5 Å². The Morgan fingerprint density at radius 2 is 2.24 bits per heavy atom.